The molecule has 0 amide bonds. The van der Waals surface area contributed by atoms with Gasteiger partial charge >= 0.3 is 0 Å². The largest absolute Gasteiger partial charge is 0.382 e. The van der Waals surface area contributed by atoms with Gasteiger partial charge in [0.2, 0.25) is 4.77 Å². The van der Waals surface area contributed by atoms with E-state index in [-0.39, 0.29) is 6.04 Å². The number of methoxy groups -OCH3 is 1. The molecule has 0 radical (unpaired) electrons. The van der Waals surface area contributed by atoms with Crippen molar-refractivity contribution in [3.8, 4) is 5.69 Å². The van der Waals surface area contributed by atoms with Crippen LogP contribution >= 0.6 is 12.2 Å². The summed E-state index contributed by atoms with van der Waals surface area (Å²) in [6.45, 7) is 11.3. The summed E-state index contributed by atoms with van der Waals surface area (Å²) in [6, 6.07) is 6.45. The standard InChI is InChI=1S/C17H26N4OS/c1-11(2)14-8-7-9-15(12(3)4)16(14)21-17(23)20(18-19-21)13(5)10-22-6/h7-9,11-13H,10H2,1-6H3. The Hall–Kier alpha value is -1.53. The number of hydrogen-bond acceptors (Lipinski definition) is 4. The molecule has 1 atom stereocenters. The molecule has 0 bridgehead atoms. The van der Waals surface area contributed by atoms with Crippen molar-refractivity contribution in [2.24, 2.45) is 0 Å². The van der Waals surface area contributed by atoms with Crippen LogP contribution in [0.2, 0.25) is 0 Å². The van der Waals surface area contributed by atoms with Crippen molar-refractivity contribution < 1.29 is 4.74 Å². The van der Waals surface area contributed by atoms with Gasteiger partial charge in [-0.2, -0.15) is 4.68 Å². The number of rotatable bonds is 6. The molecule has 1 heterocycles. The van der Waals surface area contributed by atoms with Gasteiger partial charge in [0.05, 0.1) is 18.3 Å². The quantitative estimate of drug-likeness (QED) is 0.741. The van der Waals surface area contributed by atoms with Crippen LogP contribution < -0.4 is 0 Å². The lowest BCUT2D eigenvalue weighted by atomic mass is 9.93. The van der Waals surface area contributed by atoms with Gasteiger partial charge in [0.15, 0.2) is 0 Å². The molecule has 1 aromatic heterocycles. The van der Waals surface area contributed by atoms with Crippen LogP contribution in [0.3, 0.4) is 0 Å². The smallest absolute Gasteiger partial charge is 0.221 e. The Morgan fingerprint density at radius 2 is 1.61 bits per heavy atom. The highest BCUT2D eigenvalue weighted by Crippen LogP contribution is 2.30. The van der Waals surface area contributed by atoms with Crippen LogP contribution in [0.15, 0.2) is 18.2 Å². The van der Waals surface area contributed by atoms with E-state index in [2.05, 4.69) is 56.3 Å². The molecular formula is C17H26N4OS. The summed E-state index contributed by atoms with van der Waals surface area (Å²) < 4.78 is 9.36. The number of para-hydroxylation sites is 1. The van der Waals surface area contributed by atoms with E-state index in [4.69, 9.17) is 17.0 Å². The Balaban J connectivity index is 2.65. The van der Waals surface area contributed by atoms with E-state index in [1.807, 2.05) is 6.92 Å². The van der Waals surface area contributed by atoms with Gasteiger partial charge < -0.3 is 4.74 Å². The summed E-state index contributed by atoms with van der Waals surface area (Å²) in [5.41, 5.74) is 3.54. The van der Waals surface area contributed by atoms with E-state index in [0.29, 0.717) is 23.2 Å². The highest BCUT2D eigenvalue weighted by atomic mass is 32.1. The zero-order valence-corrected chi connectivity index (χ0v) is 15.6. The number of ether oxygens (including phenoxy) is 1. The molecule has 0 spiro atoms. The highest BCUT2D eigenvalue weighted by molar-refractivity contribution is 7.71. The monoisotopic (exact) mass is 334 g/mol. The zero-order valence-electron chi connectivity index (χ0n) is 14.8. The van der Waals surface area contributed by atoms with Gasteiger partial charge in [-0.3, -0.25) is 0 Å². The SMILES string of the molecule is COCC(C)n1nnn(-c2c(C(C)C)cccc2C(C)C)c1=S. The Kier molecular flexibility index (Phi) is 5.70. The van der Waals surface area contributed by atoms with Crippen LogP contribution in [0.1, 0.15) is 63.6 Å². The fourth-order valence-corrected chi connectivity index (χ4v) is 3.09. The number of nitrogens with zero attached hydrogens (tertiary/aromatic N) is 4. The lowest BCUT2D eigenvalue weighted by molar-refractivity contribution is 0.155. The fourth-order valence-electron chi connectivity index (χ4n) is 2.74. The minimum absolute atomic E-state index is 0.0509. The molecule has 1 unspecified atom stereocenters. The molecule has 2 aromatic rings. The molecule has 0 saturated heterocycles. The van der Waals surface area contributed by atoms with Gasteiger partial charge in [0.1, 0.15) is 0 Å². The Labute approximate surface area is 143 Å². The first-order chi connectivity index (χ1) is 10.9. The van der Waals surface area contributed by atoms with Crippen LogP contribution in [0.25, 0.3) is 5.69 Å². The van der Waals surface area contributed by atoms with E-state index in [1.165, 1.54) is 11.1 Å². The lowest BCUT2D eigenvalue weighted by Gasteiger charge is -2.18. The van der Waals surface area contributed by atoms with Crippen molar-refractivity contribution in [3.63, 3.8) is 0 Å². The number of aromatic nitrogens is 4. The third-order valence-electron chi connectivity index (χ3n) is 3.98. The van der Waals surface area contributed by atoms with Gasteiger partial charge in [0, 0.05) is 7.11 Å². The molecular weight excluding hydrogens is 308 g/mol. The summed E-state index contributed by atoms with van der Waals surface area (Å²) in [6.07, 6.45) is 0. The van der Waals surface area contributed by atoms with Gasteiger partial charge in [0.25, 0.3) is 0 Å². The van der Waals surface area contributed by atoms with Crippen LogP contribution in [0.5, 0.6) is 0 Å². The minimum Gasteiger partial charge on any atom is -0.382 e. The molecule has 0 N–H and O–H groups in total. The van der Waals surface area contributed by atoms with Crippen molar-refractivity contribution in [1.82, 2.24) is 19.8 Å². The van der Waals surface area contributed by atoms with Crippen LogP contribution in [-0.4, -0.2) is 33.5 Å². The number of tetrazole rings is 1. The second-order valence-corrected chi connectivity index (χ2v) is 6.88. The first-order valence-corrected chi connectivity index (χ1v) is 8.45. The van der Waals surface area contributed by atoms with Crippen molar-refractivity contribution >= 4 is 12.2 Å². The number of hydrogen-bond donors (Lipinski definition) is 0. The van der Waals surface area contributed by atoms with Crippen molar-refractivity contribution in [2.75, 3.05) is 13.7 Å². The zero-order chi connectivity index (χ0) is 17.1. The van der Waals surface area contributed by atoms with E-state index >= 15 is 0 Å². The van der Waals surface area contributed by atoms with Crippen LogP contribution in [0.4, 0.5) is 0 Å². The summed E-state index contributed by atoms with van der Waals surface area (Å²) in [5, 5.41) is 8.60. The highest BCUT2D eigenvalue weighted by Gasteiger charge is 2.19. The van der Waals surface area contributed by atoms with Crippen molar-refractivity contribution in [3.05, 3.63) is 34.1 Å². The fraction of sp³-hybridized carbons (Fsp3) is 0.588. The topological polar surface area (TPSA) is 44.9 Å². The van der Waals surface area contributed by atoms with Gasteiger partial charge in [-0.1, -0.05) is 45.9 Å². The molecule has 6 heteroatoms. The molecule has 2 rings (SSSR count). The minimum atomic E-state index is 0.0509. The summed E-state index contributed by atoms with van der Waals surface area (Å²) >= 11 is 5.64. The molecule has 23 heavy (non-hydrogen) atoms. The third-order valence-corrected chi connectivity index (χ3v) is 4.34. The maximum atomic E-state index is 5.64. The first kappa shape index (κ1) is 17.8. The van der Waals surface area contributed by atoms with Crippen molar-refractivity contribution in [1.29, 1.82) is 0 Å². The lowest BCUT2D eigenvalue weighted by Crippen LogP contribution is -2.13. The van der Waals surface area contributed by atoms with Gasteiger partial charge in [-0.25, -0.2) is 4.68 Å². The average Bonchev–Trinajstić information content (AvgIpc) is 2.88. The van der Waals surface area contributed by atoms with E-state index < -0.39 is 0 Å². The van der Waals surface area contributed by atoms with Crippen molar-refractivity contribution in [2.45, 2.75) is 52.5 Å². The maximum Gasteiger partial charge on any atom is 0.221 e. The third kappa shape index (κ3) is 3.53. The normalized spacial score (nSPS) is 13.0. The second kappa shape index (κ2) is 7.36. The molecule has 0 saturated carbocycles. The summed E-state index contributed by atoms with van der Waals surface area (Å²) in [4.78, 5) is 0. The molecule has 0 aliphatic carbocycles. The Morgan fingerprint density at radius 1 is 1.04 bits per heavy atom. The molecule has 5 nitrogen and oxygen atoms in total. The van der Waals surface area contributed by atoms with Crippen LogP contribution in [0, 0.1) is 4.77 Å². The van der Waals surface area contributed by atoms with E-state index in [0.717, 1.165) is 5.69 Å². The van der Waals surface area contributed by atoms with Gasteiger partial charge in [-0.05, 0) is 52.5 Å². The summed E-state index contributed by atoms with van der Waals surface area (Å²) in [7, 11) is 1.68. The van der Waals surface area contributed by atoms with E-state index in [1.54, 1.807) is 16.5 Å². The predicted molar refractivity (Wildman–Crippen MR) is 94.9 cm³/mol. The molecule has 0 fully saturated rings. The molecule has 0 aliphatic rings. The average molecular weight is 334 g/mol. The Morgan fingerprint density at radius 3 is 2.09 bits per heavy atom. The number of benzene rings is 1. The first-order valence-electron chi connectivity index (χ1n) is 8.05. The molecule has 1 aromatic carbocycles. The molecule has 0 aliphatic heterocycles. The second-order valence-electron chi connectivity index (χ2n) is 6.52. The predicted octanol–water partition coefficient (Wildman–Crippen LogP) is 4.25. The molecule has 126 valence electrons. The summed E-state index contributed by atoms with van der Waals surface area (Å²) in [5.74, 6) is 0.763. The van der Waals surface area contributed by atoms with Gasteiger partial charge in [-0.15, -0.1) is 0 Å². The van der Waals surface area contributed by atoms with Crippen LogP contribution in [-0.2, 0) is 4.74 Å². The maximum absolute atomic E-state index is 5.64. The Bertz CT molecular complexity index is 691. The van der Waals surface area contributed by atoms with E-state index in [9.17, 15) is 0 Å².